The predicted molar refractivity (Wildman–Crippen MR) is 108 cm³/mol. The van der Waals surface area contributed by atoms with Crippen LogP contribution >= 0.6 is 11.6 Å². The van der Waals surface area contributed by atoms with E-state index in [4.69, 9.17) is 16.3 Å². The molecule has 0 aliphatic heterocycles. The molecule has 27 heavy (non-hydrogen) atoms. The number of carbonyl (C=O) groups is 1. The van der Waals surface area contributed by atoms with Gasteiger partial charge >= 0.3 is 0 Å². The number of rotatable bonds is 8. The number of nitrogens with one attached hydrogen (secondary N) is 1. The topological polar surface area (TPSA) is 75.7 Å². The minimum absolute atomic E-state index is 0.221. The molecule has 0 saturated heterocycles. The zero-order chi connectivity index (χ0) is 20.0. The molecular formula is C19H23ClN2O4S. The highest BCUT2D eigenvalue weighted by Gasteiger charge is 2.31. The molecule has 2 rings (SSSR count). The molecule has 0 spiro atoms. The average molecular weight is 411 g/mol. The lowest BCUT2D eigenvalue weighted by Gasteiger charge is -2.29. The molecule has 1 amide bonds. The molecule has 0 radical (unpaired) electrons. The Balaban J connectivity index is 2.19. The van der Waals surface area contributed by atoms with E-state index in [9.17, 15) is 13.2 Å². The van der Waals surface area contributed by atoms with Gasteiger partial charge in [-0.2, -0.15) is 0 Å². The van der Waals surface area contributed by atoms with Gasteiger partial charge in [0, 0.05) is 11.6 Å². The first-order valence-electron chi connectivity index (χ1n) is 8.38. The van der Waals surface area contributed by atoms with Gasteiger partial charge in [-0.15, -0.1) is 0 Å². The van der Waals surface area contributed by atoms with Gasteiger partial charge in [0.05, 0.1) is 19.1 Å². The minimum Gasteiger partial charge on any atom is -0.495 e. The van der Waals surface area contributed by atoms with Crippen LogP contribution in [-0.2, 0) is 21.2 Å². The van der Waals surface area contributed by atoms with E-state index in [-0.39, 0.29) is 5.69 Å². The normalized spacial score (nSPS) is 12.3. The summed E-state index contributed by atoms with van der Waals surface area (Å²) in [5.74, 6) is -0.0906. The summed E-state index contributed by atoms with van der Waals surface area (Å²) in [7, 11) is -2.33. The van der Waals surface area contributed by atoms with Crippen LogP contribution in [0.3, 0.4) is 0 Å². The van der Waals surface area contributed by atoms with Gasteiger partial charge < -0.3 is 10.1 Å². The molecule has 0 bridgehead atoms. The highest BCUT2D eigenvalue weighted by molar-refractivity contribution is 7.92. The smallest absolute Gasteiger partial charge is 0.243 e. The number of halogens is 1. The highest BCUT2D eigenvalue weighted by Crippen LogP contribution is 2.34. The van der Waals surface area contributed by atoms with Crippen LogP contribution in [0.4, 0.5) is 5.69 Å². The Morgan fingerprint density at radius 1 is 1.22 bits per heavy atom. The Hall–Kier alpha value is -2.25. The van der Waals surface area contributed by atoms with E-state index in [1.807, 2.05) is 30.3 Å². The standard InChI is InChI=1S/C19H23ClN2O4S/c1-14(19(23)21-12-11-15-7-5-4-6-8-15)22(27(3,24)25)17-13-16(20)9-10-18(17)26-2/h4-10,13-14H,11-12H2,1-3H3,(H,21,23)/t14-/m0/s1. The molecule has 2 aromatic rings. The molecule has 6 nitrogen and oxygen atoms in total. The number of carbonyl (C=O) groups excluding carboxylic acids is 1. The van der Waals surface area contributed by atoms with Gasteiger partial charge in [-0.25, -0.2) is 8.42 Å². The molecule has 0 aromatic heterocycles. The summed E-state index contributed by atoms with van der Waals surface area (Å²) in [6.45, 7) is 1.93. The van der Waals surface area contributed by atoms with Crippen molar-refractivity contribution in [2.24, 2.45) is 0 Å². The maximum absolute atomic E-state index is 12.6. The van der Waals surface area contributed by atoms with Gasteiger partial charge in [0.15, 0.2) is 0 Å². The first-order valence-corrected chi connectivity index (χ1v) is 10.6. The Bertz CT molecular complexity index is 888. The van der Waals surface area contributed by atoms with E-state index in [2.05, 4.69) is 5.32 Å². The fourth-order valence-electron chi connectivity index (χ4n) is 2.74. The maximum atomic E-state index is 12.6. The van der Waals surface area contributed by atoms with Crippen LogP contribution in [0.25, 0.3) is 0 Å². The van der Waals surface area contributed by atoms with Crippen molar-refractivity contribution in [3.8, 4) is 5.75 Å². The molecule has 0 unspecified atom stereocenters. The molecule has 2 aromatic carbocycles. The number of methoxy groups -OCH3 is 1. The lowest BCUT2D eigenvalue weighted by atomic mass is 10.1. The van der Waals surface area contributed by atoms with Crippen molar-refractivity contribution < 1.29 is 17.9 Å². The summed E-state index contributed by atoms with van der Waals surface area (Å²) >= 11 is 6.03. The molecule has 1 N–H and O–H groups in total. The minimum atomic E-state index is -3.75. The fraction of sp³-hybridized carbons (Fsp3) is 0.316. The first kappa shape index (κ1) is 21.1. The number of benzene rings is 2. The van der Waals surface area contributed by atoms with Crippen molar-refractivity contribution in [1.29, 1.82) is 0 Å². The predicted octanol–water partition coefficient (Wildman–Crippen LogP) is 2.86. The number of amides is 1. The van der Waals surface area contributed by atoms with Gasteiger partial charge in [-0.3, -0.25) is 9.10 Å². The van der Waals surface area contributed by atoms with Crippen LogP contribution in [0.15, 0.2) is 48.5 Å². The zero-order valence-corrected chi connectivity index (χ0v) is 17.0. The molecule has 1 atom stereocenters. The first-order chi connectivity index (χ1) is 12.7. The highest BCUT2D eigenvalue weighted by atomic mass is 35.5. The third kappa shape index (κ3) is 5.61. The summed E-state index contributed by atoms with van der Waals surface area (Å²) in [5, 5.41) is 3.13. The van der Waals surface area contributed by atoms with E-state index >= 15 is 0 Å². The molecule has 0 aliphatic rings. The lowest BCUT2D eigenvalue weighted by molar-refractivity contribution is -0.121. The van der Waals surface area contributed by atoms with Gasteiger partial charge in [-0.05, 0) is 37.1 Å². The van der Waals surface area contributed by atoms with Crippen LogP contribution in [0, 0.1) is 0 Å². The van der Waals surface area contributed by atoms with Crippen molar-refractivity contribution in [2.45, 2.75) is 19.4 Å². The number of ether oxygens (including phenoxy) is 1. The molecule has 0 heterocycles. The van der Waals surface area contributed by atoms with Gasteiger partial charge in [0.25, 0.3) is 0 Å². The van der Waals surface area contributed by atoms with Crippen molar-refractivity contribution in [3.63, 3.8) is 0 Å². The fourth-order valence-corrected chi connectivity index (χ4v) is 4.08. The van der Waals surface area contributed by atoms with Crippen molar-refractivity contribution in [1.82, 2.24) is 5.32 Å². The third-order valence-corrected chi connectivity index (χ3v) is 5.49. The zero-order valence-electron chi connectivity index (χ0n) is 15.5. The van der Waals surface area contributed by atoms with Crippen molar-refractivity contribution in [2.75, 3.05) is 24.2 Å². The van der Waals surface area contributed by atoms with Crippen LogP contribution in [0.2, 0.25) is 5.02 Å². The van der Waals surface area contributed by atoms with E-state index < -0.39 is 22.0 Å². The second kappa shape index (κ2) is 9.10. The van der Waals surface area contributed by atoms with E-state index in [0.717, 1.165) is 16.1 Å². The summed E-state index contributed by atoms with van der Waals surface area (Å²) < 4.78 is 31.1. The Labute approximate surface area is 165 Å². The van der Waals surface area contributed by atoms with Crippen LogP contribution < -0.4 is 14.4 Å². The third-order valence-electron chi connectivity index (χ3n) is 4.02. The maximum Gasteiger partial charge on any atom is 0.243 e. The van der Waals surface area contributed by atoms with Gasteiger partial charge in [-0.1, -0.05) is 41.9 Å². The van der Waals surface area contributed by atoms with Crippen molar-refractivity contribution >= 4 is 33.2 Å². The largest absolute Gasteiger partial charge is 0.495 e. The van der Waals surface area contributed by atoms with Crippen LogP contribution in [0.1, 0.15) is 12.5 Å². The molecule has 8 heteroatoms. The Kier molecular flexibility index (Phi) is 7.10. The average Bonchev–Trinajstić information content (AvgIpc) is 2.61. The molecular weight excluding hydrogens is 388 g/mol. The Morgan fingerprint density at radius 2 is 1.89 bits per heavy atom. The number of hydrogen-bond acceptors (Lipinski definition) is 4. The van der Waals surface area contributed by atoms with Crippen LogP contribution in [0.5, 0.6) is 5.75 Å². The van der Waals surface area contributed by atoms with E-state index in [0.29, 0.717) is 23.7 Å². The van der Waals surface area contributed by atoms with Crippen molar-refractivity contribution in [3.05, 3.63) is 59.1 Å². The summed E-state index contributed by atoms with van der Waals surface area (Å²) in [6.07, 6.45) is 1.69. The number of sulfonamides is 1. The van der Waals surface area contributed by atoms with E-state index in [1.54, 1.807) is 12.1 Å². The second-order valence-corrected chi connectivity index (χ2v) is 8.37. The van der Waals surface area contributed by atoms with Gasteiger partial charge in [0.2, 0.25) is 15.9 Å². The number of hydrogen-bond donors (Lipinski definition) is 1. The summed E-state index contributed by atoms with van der Waals surface area (Å²) in [4.78, 5) is 12.6. The quantitative estimate of drug-likeness (QED) is 0.726. The number of nitrogens with zero attached hydrogens (tertiary/aromatic N) is 1. The SMILES string of the molecule is COc1ccc(Cl)cc1N([C@@H](C)C(=O)NCCc1ccccc1)S(C)(=O)=O. The van der Waals surface area contributed by atoms with Crippen LogP contribution in [-0.4, -0.2) is 40.3 Å². The monoisotopic (exact) mass is 410 g/mol. The lowest BCUT2D eigenvalue weighted by Crippen LogP contribution is -2.48. The second-order valence-electron chi connectivity index (χ2n) is 6.08. The molecule has 0 fully saturated rings. The number of anilines is 1. The Morgan fingerprint density at radius 3 is 2.48 bits per heavy atom. The summed E-state index contributed by atoms with van der Waals surface area (Å²) in [5.41, 5.74) is 1.31. The van der Waals surface area contributed by atoms with Gasteiger partial charge in [0.1, 0.15) is 11.8 Å². The van der Waals surface area contributed by atoms with E-state index in [1.165, 1.54) is 20.1 Å². The summed E-state index contributed by atoms with van der Waals surface area (Å²) in [6, 6.07) is 13.4. The molecule has 146 valence electrons. The molecule has 0 saturated carbocycles. The molecule has 0 aliphatic carbocycles.